The predicted molar refractivity (Wildman–Crippen MR) is 60.6 cm³/mol. The Morgan fingerprint density at radius 1 is 1.25 bits per heavy atom. The Kier molecular flexibility index (Phi) is 5.85. The second-order valence-corrected chi connectivity index (χ2v) is 3.53. The van der Waals surface area contributed by atoms with Crippen molar-refractivity contribution >= 4 is 0 Å². The number of methoxy groups -OCH3 is 1. The highest BCUT2D eigenvalue weighted by atomic mass is 16.5. The van der Waals surface area contributed by atoms with Crippen LogP contribution in [0.15, 0.2) is 24.3 Å². The van der Waals surface area contributed by atoms with E-state index in [1.807, 2.05) is 24.3 Å². The lowest BCUT2D eigenvalue weighted by Gasteiger charge is -2.10. The van der Waals surface area contributed by atoms with E-state index < -0.39 is 6.10 Å². The van der Waals surface area contributed by atoms with Crippen LogP contribution in [0.1, 0.15) is 5.56 Å². The van der Waals surface area contributed by atoms with Crippen LogP contribution in [0.2, 0.25) is 0 Å². The second kappa shape index (κ2) is 7.22. The molecule has 2 N–H and O–H groups in total. The van der Waals surface area contributed by atoms with Crippen molar-refractivity contribution in [2.24, 2.45) is 0 Å². The average molecular weight is 226 g/mol. The van der Waals surface area contributed by atoms with E-state index in [1.54, 1.807) is 7.11 Å². The number of rotatable bonds is 7. The van der Waals surface area contributed by atoms with E-state index in [2.05, 4.69) is 0 Å². The highest BCUT2D eigenvalue weighted by Crippen LogP contribution is 2.12. The van der Waals surface area contributed by atoms with Crippen molar-refractivity contribution in [1.82, 2.24) is 0 Å². The summed E-state index contributed by atoms with van der Waals surface area (Å²) in [6, 6.07) is 7.60. The molecule has 0 radical (unpaired) electrons. The molecule has 0 aliphatic rings. The minimum Gasteiger partial charge on any atom is -0.491 e. The number of aliphatic hydroxyl groups excluding tert-OH is 2. The van der Waals surface area contributed by atoms with E-state index in [-0.39, 0.29) is 13.2 Å². The van der Waals surface area contributed by atoms with Gasteiger partial charge in [-0.05, 0) is 24.1 Å². The molecule has 1 aromatic carbocycles. The van der Waals surface area contributed by atoms with Gasteiger partial charge in [-0.3, -0.25) is 0 Å². The maximum absolute atomic E-state index is 9.10. The third-order valence-corrected chi connectivity index (χ3v) is 2.17. The van der Waals surface area contributed by atoms with Gasteiger partial charge in [0.1, 0.15) is 18.5 Å². The van der Waals surface area contributed by atoms with E-state index >= 15 is 0 Å². The molecule has 0 saturated heterocycles. The number of hydrogen-bond acceptors (Lipinski definition) is 4. The third-order valence-electron chi connectivity index (χ3n) is 2.17. The second-order valence-electron chi connectivity index (χ2n) is 3.53. The van der Waals surface area contributed by atoms with Crippen LogP contribution >= 0.6 is 0 Å². The Morgan fingerprint density at radius 3 is 2.50 bits per heavy atom. The minimum absolute atomic E-state index is 0.105. The van der Waals surface area contributed by atoms with Crippen molar-refractivity contribution in [3.63, 3.8) is 0 Å². The van der Waals surface area contributed by atoms with Crippen LogP contribution in [0.3, 0.4) is 0 Å². The van der Waals surface area contributed by atoms with Crippen LogP contribution < -0.4 is 4.74 Å². The summed E-state index contributed by atoms with van der Waals surface area (Å²) < 4.78 is 10.3. The van der Waals surface area contributed by atoms with Gasteiger partial charge in [0.2, 0.25) is 0 Å². The molecule has 0 spiro atoms. The zero-order chi connectivity index (χ0) is 11.8. The van der Waals surface area contributed by atoms with Crippen LogP contribution in [-0.4, -0.2) is 43.2 Å². The monoisotopic (exact) mass is 226 g/mol. The Hall–Kier alpha value is -1.10. The van der Waals surface area contributed by atoms with Gasteiger partial charge in [0.05, 0.1) is 13.2 Å². The van der Waals surface area contributed by atoms with Gasteiger partial charge in [0.25, 0.3) is 0 Å². The molecule has 0 aliphatic heterocycles. The number of benzene rings is 1. The minimum atomic E-state index is -0.826. The first-order valence-corrected chi connectivity index (χ1v) is 5.26. The first kappa shape index (κ1) is 13.0. The fourth-order valence-electron chi connectivity index (χ4n) is 1.22. The first-order chi connectivity index (χ1) is 7.76. The molecule has 1 aromatic rings. The standard InChI is InChI=1S/C12H18O4/c1-15-7-6-10-2-4-12(5-3-10)16-9-11(14)8-13/h2-5,11,13-14H,6-9H2,1H3. The fourth-order valence-corrected chi connectivity index (χ4v) is 1.22. The molecular formula is C12H18O4. The Labute approximate surface area is 95.4 Å². The van der Waals surface area contributed by atoms with Crippen LogP contribution in [0, 0.1) is 0 Å². The summed E-state index contributed by atoms with van der Waals surface area (Å²) in [6.45, 7) is 0.517. The van der Waals surface area contributed by atoms with Crippen LogP contribution in [-0.2, 0) is 11.2 Å². The summed E-state index contributed by atoms with van der Waals surface area (Å²) in [4.78, 5) is 0. The van der Waals surface area contributed by atoms with Gasteiger partial charge in [0.15, 0.2) is 0 Å². The van der Waals surface area contributed by atoms with Crippen LogP contribution in [0.5, 0.6) is 5.75 Å². The normalized spacial score (nSPS) is 12.4. The Bertz CT molecular complexity index is 284. The molecule has 0 aliphatic carbocycles. The predicted octanol–water partition coefficient (Wildman–Crippen LogP) is 0.607. The van der Waals surface area contributed by atoms with E-state index in [0.29, 0.717) is 12.4 Å². The molecule has 4 nitrogen and oxygen atoms in total. The van der Waals surface area contributed by atoms with Gasteiger partial charge < -0.3 is 19.7 Å². The van der Waals surface area contributed by atoms with Crippen molar-refractivity contribution in [3.8, 4) is 5.75 Å². The lowest BCUT2D eigenvalue weighted by Crippen LogP contribution is -2.21. The SMILES string of the molecule is COCCc1ccc(OCC(O)CO)cc1. The molecule has 4 heteroatoms. The molecular weight excluding hydrogens is 208 g/mol. The van der Waals surface area contributed by atoms with E-state index in [9.17, 15) is 0 Å². The molecule has 1 rings (SSSR count). The molecule has 0 bridgehead atoms. The molecule has 0 amide bonds. The summed E-state index contributed by atoms with van der Waals surface area (Å²) in [6.07, 6.45) is 0.0453. The van der Waals surface area contributed by atoms with E-state index in [0.717, 1.165) is 6.42 Å². The van der Waals surface area contributed by atoms with Crippen molar-refractivity contribution in [2.75, 3.05) is 26.9 Å². The summed E-state index contributed by atoms with van der Waals surface area (Å²) in [7, 11) is 1.67. The van der Waals surface area contributed by atoms with Gasteiger partial charge in [-0.1, -0.05) is 12.1 Å². The number of ether oxygens (including phenoxy) is 2. The molecule has 0 saturated carbocycles. The highest BCUT2D eigenvalue weighted by Gasteiger charge is 2.02. The quantitative estimate of drug-likeness (QED) is 0.715. The lowest BCUT2D eigenvalue weighted by atomic mass is 10.1. The Morgan fingerprint density at radius 2 is 1.94 bits per heavy atom. The largest absolute Gasteiger partial charge is 0.491 e. The van der Waals surface area contributed by atoms with Gasteiger partial charge >= 0.3 is 0 Å². The van der Waals surface area contributed by atoms with E-state index in [1.165, 1.54) is 5.56 Å². The van der Waals surface area contributed by atoms with Gasteiger partial charge in [0, 0.05) is 7.11 Å². The van der Waals surface area contributed by atoms with Crippen molar-refractivity contribution in [2.45, 2.75) is 12.5 Å². The number of aliphatic hydroxyl groups is 2. The summed E-state index contributed by atoms with van der Waals surface area (Å²) >= 11 is 0. The zero-order valence-electron chi connectivity index (χ0n) is 9.43. The molecule has 1 atom stereocenters. The van der Waals surface area contributed by atoms with Gasteiger partial charge in [-0.15, -0.1) is 0 Å². The molecule has 16 heavy (non-hydrogen) atoms. The first-order valence-electron chi connectivity index (χ1n) is 5.26. The average Bonchev–Trinajstić information content (AvgIpc) is 2.34. The summed E-state index contributed by atoms with van der Waals surface area (Å²) in [5.41, 5.74) is 1.18. The number of hydrogen-bond donors (Lipinski definition) is 2. The molecule has 0 aromatic heterocycles. The van der Waals surface area contributed by atoms with Crippen LogP contribution in [0.4, 0.5) is 0 Å². The van der Waals surface area contributed by atoms with Crippen molar-refractivity contribution in [3.05, 3.63) is 29.8 Å². The third kappa shape index (κ3) is 4.61. The fraction of sp³-hybridized carbons (Fsp3) is 0.500. The molecule has 1 unspecified atom stereocenters. The van der Waals surface area contributed by atoms with Gasteiger partial charge in [-0.2, -0.15) is 0 Å². The van der Waals surface area contributed by atoms with Gasteiger partial charge in [-0.25, -0.2) is 0 Å². The molecule has 0 fully saturated rings. The van der Waals surface area contributed by atoms with Crippen molar-refractivity contribution in [1.29, 1.82) is 0 Å². The van der Waals surface area contributed by atoms with E-state index in [4.69, 9.17) is 19.7 Å². The zero-order valence-corrected chi connectivity index (χ0v) is 9.43. The summed E-state index contributed by atoms with van der Waals surface area (Å²) in [5.74, 6) is 0.689. The van der Waals surface area contributed by atoms with Crippen LogP contribution in [0.25, 0.3) is 0 Å². The molecule has 0 heterocycles. The topological polar surface area (TPSA) is 58.9 Å². The smallest absolute Gasteiger partial charge is 0.119 e. The summed E-state index contributed by atoms with van der Waals surface area (Å²) in [5, 5.41) is 17.7. The maximum atomic E-state index is 9.10. The maximum Gasteiger partial charge on any atom is 0.119 e. The lowest BCUT2D eigenvalue weighted by molar-refractivity contribution is 0.0536. The van der Waals surface area contributed by atoms with Crippen molar-refractivity contribution < 1.29 is 19.7 Å². The molecule has 90 valence electrons. The highest BCUT2D eigenvalue weighted by molar-refractivity contribution is 5.27. The Balaban J connectivity index is 2.38.